The Labute approximate surface area is 119 Å². The van der Waals surface area contributed by atoms with Gasteiger partial charge in [0.05, 0.1) is 0 Å². The van der Waals surface area contributed by atoms with Gasteiger partial charge in [0.2, 0.25) is 0 Å². The Kier molecular flexibility index (Phi) is 5.87. The van der Waals surface area contributed by atoms with E-state index >= 15 is 0 Å². The van der Waals surface area contributed by atoms with Crippen molar-refractivity contribution in [2.24, 2.45) is 0 Å². The molecule has 0 aromatic heterocycles. The minimum absolute atomic E-state index is 0.209. The predicted octanol–water partition coefficient (Wildman–Crippen LogP) is 3.88. The van der Waals surface area contributed by atoms with Crippen LogP contribution >= 0.6 is 0 Å². The first-order chi connectivity index (χ1) is 9.24. The van der Waals surface area contributed by atoms with Gasteiger partial charge in [-0.15, -0.1) is 0 Å². The van der Waals surface area contributed by atoms with Gasteiger partial charge in [0, 0.05) is 18.3 Å². The molecule has 0 bridgehead atoms. The summed E-state index contributed by atoms with van der Waals surface area (Å²) in [4.78, 5) is 1.41. The van der Waals surface area contributed by atoms with Crippen molar-refractivity contribution in [3.63, 3.8) is 0 Å². The second kappa shape index (κ2) is 6.97. The molecule has 2 nitrogen and oxygen atoms in total. The van der Waals surface area contributed by atoms with Gasteiger partial charge < -0.3 is 10.2 Å². The van der Waals surface area contributed by atoms with Gasteiger partial charge in [-0.3, -0.25) is 0 Å². The number of nitrogens with one attached hydrogen (secondary N) is 1. The van der Waals surface area contributed by atoms with Gasteiger partial charge >= 0.3 is 6.18 Å². The van der Waals surface area contributed by atoms with E-state index in [4.69, 9.17) is 0 Å². The fourth-order valence-corrected chi connectivity index (χ4v) is 2.13. The van der Waals surface area contributed by atoms with E-state index in [1.54, 1.807) is 19.9 Å². The minimum atomic E-state index is -4.20. The van der Waals surface area contributed by atoms with Crippen LogP contribution in [0.15, 0.2) is 18.2 Å². The molecule has 1 aromatic rings. The molecule has 0 spiro atoms. The molecular formula is C15H23F3N2. The summed E-state index contributed by atoms with van der Waals surface area (Å²) in [5.74, 6) is 0. The van der Waals surface area contributed by atoms with E-state index in [0.717, 1.165) is 17.7 Å². The predicted molar refractivity (Wildman–Crippen MR) is 77.1 cm³/mol. The van der Waals surface area contributed by atoms with Gasteiger partial charge in [0.15, 0.2) is 0 Å². The molecule has 20 heavy (non-hydrogen) atoms. The number of anilines is 1. The van der Waals surface area contributed by atoms with Crippen LogP contribution in [0.3, 0.4) is 0 Å². The summed E-state index contributed by atoms with van der Waals surface area (Å²) < 4.78 is 38.3. The molecule has 0 amide bonds. The summed E-state index contributed by atoms with van der Waals surface area (Å²) in [7, 11) is 0. The number of alkyl halides is 3. The van der Waals surface area contributed by atoms with E-state index in [9.17, 15) is 13.2 Å². The third-order valence-corrected chi connectivity index (χ3v) is 3.08. The molecule has 0 aliphatic carbocycles. The number of halogens is 3. The summed E-state index contributed by atoms with van der Waals surface area (Å²) in [6.07, 6.45) is -4.20. The van der Waals surface area contributed by atoms with Crippen LogP contribution in [-0.4, -0.2) is 25.3 Å². The monoisotopic (exact) mass is 288 g/mol. The Bertz CT molecular complexity index is 428. The van der Waals surface area contributed by atoms with Gasteiger partial charge in [-0.05, 0) is 38.9 Å². The minimum Gasteiger partial charge on any atom is -0.360 e. The second-order valence-corrected chi connectivity index (χ2v) is 5.25. The normalized spacial score (nSPS) is 12.0. The first-order valence-corrected chi connectivity index (χ1v) is 6.88. The van der Waals surface area contributed by atoms with Crippen LogP contribution < -0.4 is 10.2 Å². The first-order valence-electron chi connectivity index (χ1n) is 6.88. The van der Waals surface area contributed by atoms with Gasteiger partial charge in [0.25, 0.3) is 0 Å². The average Bonchev–Trinajstić information content (AvgIpc) is 2.32. The smallest absolute Gasteiger partial charge is 0.360 e. The van der Waals surface area contributed by atoms with Gasteiger partial charge in [-0.1, -0.05) is 24.6 Å². The molecule has 0 aliphatic heterocycles. The van der Waals surface area contributed by atoms with Crippen LogP contribution in [0, 0.1) is 6.92 Å². The maximum Gasteiger partial charge on any atom is 0.405 e. The lowest BCUT2D eigenvalue weighted by Gasteiger charge is -2.32. The molecular weight excluding hydrogens is 265 g/mol. The lowest BCUT2D eigenvalue weighted by molar-refractivity contribution is -0.120. The van der Waals surface area contributed by atoms with Crippen molar-refractivity contribution in [1.29, 1.82) is 0 Å². The molecule has 0 atom stereocenters. The molecule has 0 radical (unpaired) electrons. The number of hydrogen-bond donors (Lipinski definition) is 1. The molecule has 0 heterocycles. The highest BCUT2D eigenvalue weighted by Gasteiger charge is 2.32. The second-order valence-electron chi connectivity index (χ2n) is 5.25. The lowest BCUT2D eigenvalue weighted by atomic mass is 10.1. The molecule has 1 aromatic carbocycles. The third-order valence-electron chi connectivity index (χ3n) is 3.08. The fourth-order valence-electron chi connectivity index (χ4n) is 2.13. The Morgan fingerprint density at radius 1 is 1.25 bits per heavy atom. The Morgan fingerprint density at radius 3 is 2.40 bits per heavy atom. The van der Waals surface area contributed by atoms with Gasteiger partial charge in [-0.2, -0.15) is 13.2 Å². The van der Waals surface area contributed by atoms with Crippen molar-refractivity contribution in [3.8, 4) is 0 Å². The van der Waals surface area contributed by atoms with E-state index in [-0.39, 0.29) is 6.04 Å². The van der Waals surface area contributed by atoms with Crippen LogP contribution in [0.25, 0.3) is 0 Å². The number of nitrogens with zero attached hydrogens (tertiary/aromatic N) is 1. The molecule has 0 aliphatic rings. The number of hydrogen-bond acceptors (Lipinski definition) is 2. The highest BCUT2D eigenvalue weighted by molar-refractivity contribution is 5.55. The Balaban J connectivity index is 3.11. The SMILES string of the molecule is CCNCc1cc(C)ccc1N(CC(F)(F)F)C(C)C. The zero-order valence-electron chi connectivity index (χ0n) is 12.5. The summed E-state index contributed by atoms with van der Waals surface area (Å²) >= 11 is 0. The summed E-state index contributed by atoms with van der Waals surface area (Å²) in [5.41, 5.74) is 2.62. The summed E-state index contributed by atoms with van der Waals surface area (Å²) in [6.45, 7) is 7.93. The molecule has 114 valence electrons. The van der Waals surface area contributed by atoms with Crippen molar-refractivity contribution in [3.05, 3.63) is 29.3 Å². The van der Waals surface area contributed by atoms with Gasteiger partial charge in [-0.25, -0.2) is 0 Å². The molecule has 0 saturated heterocycles. The van der Waals surface area contributed by atoms with E-state index in [0.29, 0.717) is 12.2 Å². The fraction of sp³-hybridized carbons (Fsp3) is 0.600. The molecule has 0 unspecified atom stereocenters. The van der Waals surface area contributed by atoms with Gasteiger partial charge in [0.1, 0.15) is 6.54 Å². The van der Waals surface area contributed by atoms with E-state index in [1.807, 2.05) is 26.0 Å². The molecule has 0 fully saturated rings. The molecule has 1 N–H and O–H groups in total. The topological polar surface area (TPSA) is 15.3 Å². The van der Waals surface area contributed by atoms with Crippen LogP contribution in [0.2, 0.25) is 0 Å². The van der Waals surface area contributed by atoms with Crippen LogP contribution in [0.5, 0.6) is 0 Å². The number of rotatable bonds is 6. The number of benzene rings is 1. The maximum absolute atomic E-state index is 12.8. The molecule has 5 heteroatoms. The lowest BCUT2D eigenvalue weighted by Crippen LogP contribution is -2.40. The van der Waals surface area contributed by atoms with E-state index < -0.39 is 12.7 Å². The summed E-state index contributed by atoms with van der Waals surface area (Å²) in [5, 5.41) is 3.18. The largest absolute Gasteiger partial charge is 0.405 e. The summed E-state index contributed by atoms with van der Waals surface area (Å²) in [6, 6.07) is 5.38. The van der Waals surface area contributed by atoms with E-state index in [1.165, 1.54) is 4.90 Å². The first kappa shape index (κ1) is 16.8. The van der Waals surface area contributed by atoms with Crippen molar-refractivity contribution in [1.82, 2.24) is 5.32 Å². The quantitative estimate of drug-likeness (QED) is 0.854. The average molecular weight is 288 g/mol. The molecule has 0 saturated carbocycles. The zero-order valence-corrected chi connectivity index (χ0v) is 12.5. The Morgan fingerprint density at radius 2 is 1.90 bits per heavy atom. The number of aryl methyl sites for hydroxylation is 1. The third kappa shape index (κ3) is 5.04. The van der Waals surface area contributed by atoms with Crippen molar-refractivity contribution in [2.75, 3.05) is 18.0 Å². The molecule has 1 rings (SSSR count). The standard InChI is InChI=1S/C15H23F3N2/c1-5-19-9-13-8-12(4)6-7-14(13)20(11(2)3)10-15(16,17)18/h6-8,11,19H,5,9-10H2,1-4H3. The van der Waals surface area contributed by atoms with Crippen molar-refractivity contribution < 1.29 is 13.2 Å². The van der Waals surface area contributed by atoms with E-state index in [2.05, 4.69) is 5.32 Å². The highest BCUT2D eigenvalue weighted by atomic mass is 19.4. The van der Waals surface area contributed by atoms with Crippen LogP contribution in [0.1, 0.15) is 31.9 Å². The highest BCUT2D eigenvalue weighted by Crippen LogP contribution is 2.28. The van der Waals surface area contributed by atoms with Crippen LogP contribution in [0.4, 0.5) is 18.9 Å². The van der Waals surface area contributed by atoms with Crippen LogP contribution in [-0.2, 0) is 6.54 Å². The van der Waals surface area contributed by atoms with Crippen molar-refractivity contribution >= 4 is 5.69 Å². The Hall–Kier alpha value is -1.23. The zero-order chi connectivity index (χ0) is 15.3. The van der Waals surface area contributed by atoms with Crippen molar-refractivity contribution in [2.45, 2.75) is 46.5 Å². The maximum atomic E-state index is 12.8.